The number of rotatable bonds is 3. The van der Waals surface area contributed by atoms with Gasteiger partial charge in [-0.25, -0.2) is 0 Å². The Morgan fingerprint density at radius 1 is 1.00 bits per heavy atom. The number of benzene rings is 2. The highest BCUT2D eigenvalue weighted by Gasteiger charge is 2.60. The van der Waals surface area contributed by atoms with Crippen LogP contribution in [0, 0.1) is 0 Å². The summed E-state index contributed by atoms with van der Waals surface area (Å²) in [5, 5.41) is 0. The van der Waals surface area contributed by atoms with Crippen molar-refractivity contribution in [2.24, 2.45) is 4.99 Å². The van der Waals surface area contributed by atoms with Crippen LogP contribution in [0.15, 0.2) is 53.5 Å². The van der Waals surface area contributed by atoms with Gasteiger partial charge < -0.3 is 14.2 Å². The van der Waals surface area contributed by atoms with Gasteiger partial charge in [0.1, 0.15) is 12.0 Å². The fourth-order valence-corrected chi connectivity index (χ4v) is 2.52. The van der Waals surface area contributed by atoms with Crippen LogP contribution in [0.1, 0.15) is 10.4 Å². The molecule has 0 bridgehead atoms. The van der Waals surface area contributed by atoms with Crippen LogP contribution in [0.3, 0.4) is 0 Å². The number of carbonyl (C=O) groups excluding carboxylic acids is 1. The second-order valence-electron chi connectivity index (χ2n) is 5.43. The Hall–Kier alpha value is -2.16. The summed E-state index contributed by atoms with van der Waals surface area (Å²) in [6.45, 7) is 0. The zero-order valence-corrected chi connectivity index (χ0v) is 15.8. The Bertz CT molecular complexity index is 886. The van der Waals surface area contributed by atoms with Gasteiger partial charge in [0.2, 0.25) is 0 Å². The molecular weight excluding hydrogens is 446 g/mol. The highest BCUT2D eigenvalue weighted by atomic mass is 35.6. The molecule has 1 heterocycles. The summed E-state index contributed by atoms with van der Waals surface area (Å²) in [5.74, 6) is -4.62. The van der Waals surface area contributed by atoms with Gasteiger partial charge in [0.05, 0.1) is 0 Å². The molecule has 0 saturated heterocycles. The van der Waals surface area contributed by atoms with Gasteiger partial charge in [0, 0.05) is 5.56 Å². The molecule has 0 fully saturated rings. The minimum absolute atomic E-state index is 0.0365. The number of aliphatic imine (C=N–C) groups is 1. The van der Waals surface area contributed by atoms with E-state index >= 15 is 0 Å². The predicted octanol–water partition coefficient (Wildman–Crippen LogP) is 5.33. The Morgan fingerprint density at radius 2 is 1.54 bits per heavy atom. The Balaban J connectivity index is 2.03. The molecule has 0 amide bonds. The number of ether oxygens (including phenoxy) is 3. The van der Waals surface area contributed by atoms with Gasteiger partial charge in [-0.3, -0.25) is 4.79 Å². The van der Waals surface area contributed by atoms with E-state index in [0.717, 1.165) is 12.1 Å². The first-order valence-corrected chi connectivity index (χ1v) is 8.61. The second kappa shape index (κ2) is 7.35. The van der Waals surface area contributed by atoms with Crippen molar-refractivity contribution in [3.63, 3.8) is 0 Å². The van der Waals surface area contributed by atoms with Gasteiger partial charge in [-0.2, -0.15) is 18.2 Å². The largest absolute Gasteiger partial charge is 0.468 e. The van der Waals surface area contributed by atoms with Crippen LogP contribution < -0.4 is 14.2 Å². The fraction of sp³-hybridized carbons (Fsp3) is 0.176. The average Bonchev–Trinajstić information content (AvgIpc) is 3.00. The van der Waals surface area contributed by atoms with Crippen LogP contribution in [0.4, 0.5) is 13.2 Å². The Morgan fingerprint density at radius 3 is 1.96 bits per heavy atom. The standard InChI is InChI=1S/C17H9Cl3F3NO4/c18-16(19,20)17(27-12-3-1-2-4-13(12)28-17)24-14(15(21,22)23)26-11-7-5-10(9-25)6-8-11/h1-9H/b24-14-. The maximum absolute atomic E-state index is 13.5. The smallest absolute Gasteiger partial charge is 0.435 e. The molecule has 148 valence electrons. The minimum Gasteiger partial charge on any atom is -0.435 e. The quantitative estimate of drug-likeness (QED) is 0.272. The lowest BCUT2D eigenvalue weighted by Crippen LogP contribution is -2.51. The summed E-state index contributed by atoms with van der Waals surface area (Å²) in [6.07, 6.45) is -4.55. The number of para-hydroxylation sites is 2. The Labute approximate surface area is 171 Å². The number of hydrogen-bond donors (Lipinski definition) is 0. The number of fused-ring (bicyclic) bond motifs is 1. The molecule has 1 aliphatic rings. The van der Waals surface area contributed by atoms with Crippen molar-refractivity contribution in [3.8, 4) is 17.2 Å². The molecule has 0 unspecified atom stereocenters. The van der Waals surface area contributed by atoms with E-state index in [2.05, 4.69) is 4.99 Å². The van der Waals surface area contributed by atoms with Gasteiger partial charge in [-0.05, 0) is 36.4 Å². The normalized spacial score (nSPS) is 16.0. The molecule has 28 heavy (non-hydrogen) atoms. The molecule has 0 N–H and O–H groups in total. The van der Waals surface area contributed by atoms with Crippen molar-refractivity contribution >= 4 is 47.0 Å². The highest BCUT2D eigenvalue weighted by molar-refractivity contribution is 6.68. The van der Waals surface area contributed by atoms with Crippen molar-refractivity contribution in [2.75, 3.05) is 0 Å². The lowest BCUT2D eigenvalue weighted by molar-refractivity contribution is -0.0911. The van der Waals surface area contributed by atoms with E-state index in [0.29, 0.717) is 6.29 Å². The zero-order chi connectivity index (χ0) is 20.6. The van der Waals surface area contributed by atoms with Crippen molar-refractivity contribution < 1.29 is 32.2 Å². The molecule has 3 rings (SSSR count). The maximum Gasteiger partial charge on any atom is 0.468 e. The summed E-state index contributed by atoms with van der Waals surface area (Å²) < 4.78 is 53.6. The summed E-state index contributed by atoms with van der Waals surface area (Å²) in [6, 6.07) is 10.8. The van der Waals surface area contributed by atoms with Crippen LogP contribution in [-0.4, -0.2) is 28.1 Å². The van der Waals surface area contributed by atoms with Crippen LogP contribution in [0.25, 0.3) is 0 Å². The van der Waals surface area contributed by atoms with Crippen molar-refractivity contribution in [1.82, 2.24) is 0 Å². The average molecular weight is 455 g/mol. The third kappa shape index (κ3) is 4.14. The first-order chi connectivity index (χ1) is 13.0. The first kappa shape index (κ1) is 20.6. The predicted molar refractivity (Wildman–Crippen MR) is 96.7 cm³/mol. The van der Waals surface area contributed by atoms with Crippen molar-refractivity contribution in [2.45, 2.75) is 15.9 Å². The van der Waals surface area contributed by atoms with Gasteiger partial charge >= 0.3 is 18.0 Å². The van der Waals surface area contributed by atoms with E-state index in [-0.39, 0.29) is 22.8 Å². The summed E-state index contributed by atoms with van der Waals surface area (Å²) in [4.78, 5) is 14.0. The van der Waals surface area contributed by atoms with E-state index in [9.17, 15) is 18.0 Å². The van der Waals surface area contributed by atoms with Crippen molar-refractivity contribution in [1.29, 1.82) is 0 Å². The van der Waals surface area contributed by atoms with Gasteiger partial charge in [0.15, 0.2) is 11.5 Å². The monoisotopic (exact) mass is 453 g/mol. The van der Waals surface area contributed by atoms with Gasteiger partial charge in [-0.1, -0.05) is 46.9 Å². The third-order valence-electron chi connectivity index (χ3n) is 3.43. The number of hydrogen-bond acceptors (Lipinski definition) is 5. The molecule has 0 aliphatic carbocycles. The molecular formula is C17H9Cl3F3NO4. The number of nitrogens with zero attached hydrogens (tertiary/aromatic N) is 1. The molecule has 11 heteroatoms. The minimum atomic E-state index is -5.08. The molecule has 0 spiro atoms. The molecule has 2 aromatic rings. The molecule has 1 aliphatic heterocycles. The van der Waals surface area contributed by atoms with E-state index in [1.807, 2.05) is 0 Å². The topological polar surface area (TPSA) is 57.1 Å². The Kier molecular flexibility index (Phi) is 5.40. The fourth-order valence-electron chi connectivity index (χ4n) is 2.17. The summed E-state index contributed by atoms with van der Waals surface area (Å²) in [7, 11) is 0. The van der Waals surface area contributed by atoms with Crippen LogP contribution in [-0.2, 0) is 0 Å². The van der Waals surface area contributed by atoms with Crippen molar-refractivity contribution in [3.05, 3.63) is 54.1 Å². The second-order valence-corrected chi connectivity index (χ2v) is 7.72. The molecule has 5 nitrogen and oxygen atoms in total. The van der Waals surface area contributed by atoms with Gasteiger partial charge in [0.25, 0.3) is 3.79 Å². The summed E-state index contributed by atoms with van der Waals surface area (Å²) >= 11 is 17.5. The lowest BCUT2D eigenvalue weighted by Gasteiger charge is -2.30. The lowest BCUT2D eigenvalue weighted by atomic mass is 10.2. The molecule has 0 atom stereocenters. The number of aldehydes is 1. The third-order valence-corrected chi connectivity index (χ3v) is 4.14. The molecule has 0 saturated carbocycles. The molecule has 0 aromatic heterocycles. The molecule has 0 radical (unpaired) electrons. The number of alkyl halides is 6. The molecule has 2 aromatic carbocycles. The zero-order valence-electron chi connectivity index (χ0n) is 13.5. The number of halogens is 6. The van der Waals surface area contributed by atoms with Crippen LogP contribution >= 0.6 is 34.8 Å². The SMILES string of the molecule is O=Cc1ccc(O/C(=N\C2(C(Cl)(Cl)Cl)Oc3ccccc3O2)C(F)(F)F)cc1. The van der Waals surface area contributed by atoms with E-state index < -0.39 is 21.8 Å². The highest BCUT2D eigenvalue weighted by Crippen LogP contribution is 2.50. The first-order valence-electron chi connectivity index (χ1n) is 7.48. The maximum atomic E-state index is 13.5. The van der Waals surface area contributed by atoms with Crippen LogP contribution in [0.5, 0.6) is 17.2 Å². The van der Waals surface area contributed by atoms with Gasteiger partial charge in [-0.15, -0.1) is 0 Å². The van der Waals surface area contributed by atoms with E-state index in [1.54, 1.807) is 12.1 Å². The van der Waals surface area contributed by atoms with E-state index in [4.69, 9.17) is 49.0 Å². The van der Waals surface area contributed by atoms with Crippen LogP contribution in [0.2, 0.25) is 0 Å². The van der Waals surface area contributed by atoms with E-state index in [1.165, 1.54) is 24.3 Å². The summed E-state index contributed by atoms with van der Waals surface area (Å²) in [5.41, 5.74) is 0.244. The number of carbonyl (C=O) groups is 1.